The van der Waals surface area contributed by atoms with Crippen molar-refractivity contribution in [3.05, 3.63) is 52.5 Å². The van der Waals surface area contributed by atoms with Gasteiger partial charge in [0.15, 0.2) is 5.82 Å². The van der Waals surface area contributed by atoms with Crippen LogP contribution < -0.4 is 5.73 Å². The van der Waals surface area contributed by atoms with Crippen molar-refractivity contribution in [3.8, 4) is 17.1 Å². The predicted octanol–water partition coefficient (Wildman–Crippen LogP) is 2.98. The summed E-state index contributed by atoms with van der Waals surface area (Å²) >= 11 is 3.45. The van der Waals surface area contributed by atoms with Gasteiger partial charge >= 0.3 is 0 Å². The Morgan fingerprint density at radius 3 is 2.75 bits per heavy atom. The van der Waals surface area contributed by atoms with Crippen molar-refractivity contribution in [2.24, 2.45) is 0 Å². The maximum absolute atomic E-state index is 5.95. The second kappa shape index (κ2) is 5.05. The molecule has 2 aromatic carbocycles. The molecule has 0 spiro atoms. The van der Waals surface area contributed by atoms with Crippen LogP contribution in [0.15, 0.2) is 46.9 Å². The summed E-state index contributed by atoms with van der Waals surface area (Å²) in [5.74, 6) is 0.662. The Labute approximate surface area is 124 Å². The molecular formula is C14H12BrN5. The number of aromatic nitrogens is 4. The summed E-state index contributed by atoms with van der Waals surface area (Å²) in [5, 5.41) is 11.9. The first kappa shape index (κ1) is 12.8. The lowest BCUT2D eigenvalue weighted by atomic mass is 10.1. The largest absolute Gasteiger partial charge is 0.398 e. The molecule has 0 atom stereocenters. The molecule has 0 saturated carbocycles. The number of anilines is 1. The molecule has 0 aliphatic carbocycles. The molecular weight excluding hydrogens is 318 g/mol. The van der Waals surface area contributed by atoms with E-state index in [2.05, 4.69) is 31.5 Å². The molecule has 5 nitrogen and oxygen atoms in total. The first-order valence-corrected chi connectivity index (χ1v) is 6.85. The highest BCUT2D eigenvalue weighted by Gasteiger charge is 2.11. The van der Waals surface area contributed by atoms with Crippen molar-refractivity contribution >= 4 is 21.6 Å². The molecule has 1 aromatic heterocycles. The van der Waals surface area contributed by atoms with Crippen molar-refractivity contribution < 1.29 is 0 Å². The van der Waals surface area contributed by atoms with E-state index in [1.165, 1.54) is 0 Å². The summed E-state index contributed by atoms with van der Waals surface area (Å²) in [5.41, 5.74) is 9.49. The van der Waals surface area contributed by atoms with E-state index in [1.807, 2.05) is 49.4 Å². The highest BCUT2D eigenvalue weighted by Crippen LogP contribution is 2.24. The first-order valence-electron chi connectivity index (χ1n) is 6.06. The zero-order chi connectivity index (χ0) is 14.1. The van der Waals surface area contributed by atoms with E-state index in [9.17, 15) is 0 Å². The van der Waals surface area contributed by atoms with Gasteiger partial charge in [0, 0.05) is 15.7 Å². The first-order chi connectivity index (χ1) is 9.65. The van der Waals surface area contributed by atoms with E-state index in [0.29, 0.717) is 5.82 Å². The van der Waals surface area contributed by atoms with Gasteiger partial charge in [-0.1, -0.05) is 34.1 Å². The third-order valence-corrected chi connectivity index (χ3v) is 3.55. The van der Waals surface area contributed by atoms with Crippen LogP contribution in [-0.2, 0) is 0 Å². The van der Waals surface area contributed by atoms with Gasteiger partial charge in [-0.05, 0) is 47.2 Å². The molecule has 2 N–H and O–H groups in total. The smallest absolute Gasteiger partial charge is 0.187 e. The van der Waals surface area contributed by atoms with Crippen LogP contribution in [0.5, 0.6) is 0 Å². The van der Waals surface area contributed by atoms with E-state index < -0.39 is 0 Å². The molecule has 0 unspecified atom stereocenters. The second-order valence-corrected chi connectivity index (χ2v) is 5.38. The molecule has 0 fully saturated rings. The third-order valence-electron chi connectivity index (χ3n) is 3.06. The number of rotatable bonds is 2. The van der Waals surface area contributed by atoms with Crippen molar-refractivity contribution in [3.63, 3.8) is 0 Å². The Bertz CT molecular complexity index is 766. The van der Waals surface area contributed by atoms with Crippen LogP contribution in [0.1, 0.15) is 5.56 Å². The molecule has 0 bridgehead atoms. The fraction of sp³-hybridized carbons (Fsp3) is 0.0714. The van der Waals surface area contributed by atoms with Crippen LogP contribution in [0.3, 0.4) is 0 Å². The minimum Gasteiger partial charge on any atom is -0.398 e. The summed E-state index contributed by atoms with van der Waals surface area (Å²) in [6.45, 7) is 1.97. The third kappa shape index (κ3) is 2.30. The summed E-state index contributed by atoms with van der Waals surface area (Å²) < 4.78 is 2.66. The fourth-order valence-electron chi connectivity index (χ4n) is 1.93. The molecule has 20 heavy (non-hydrogen) atoms. The molecule has 0 aliphatic rings. The molecule has 0 saturated heterocycles. The lowest BCUT2D eigenvalue weighted by Gasteiger charge is -2.07. The van der Waals surface area contributed by atoms with Gasteiger partial charge in [-0.2, -0.15) is 4.68 Å². The standard InChI is InChI=1S/C14H12BrN5/c1-9-5-6-10(7-13(9)16)14-17-18-19-20(14)12-4-2-3-11(15)8-12/h2-8H,16H2,1H3. The summed E-state index contributed by atoms with van der Waals surface area (Å²) in [6.07, 6.45) is 0. The Morgan fingerprint density at radius 2 is 2.00 bits per heavy atom. The van der Waals surface area contributed by atoms with Gasteiger partial charge in [-0.3, -0.25) is 0 Å². The number of nitrogen functional groups attached to an aromatic ring is 1. The van der Waals surface area contributed by atoms with Crippen molar-refractivity contribution in [2.45, 2.75) is 6.92 Å². The summed E-state index contributed by atoms with van der Waals surface area (Å²) in [6, 6.07) is 13.6. The fourth-order valence-corrected chi connectivity index (χ4v) is 2.32. The zero-order valence-electron chi connectivity index (χ0n) is 10.8. The Morgan fingerprint density at radius 1 is 1.15 bits per heavy atom. The van der Waals surface area contributed by atoms with Crippen LogP contribution in [-0.4, -0.2) is 20.2 Å². The summed E-state index contributed by atoms with van der Waals surface area (Å²) in [4.78, 5) is 0. The minimum atomic E-state index is 0.662. The van der Waals surface area contributed by atoms with Crippen LogP contribution in [0.2, 0.25) is 0 Å². The zero-order valence-corrected chi connectivity index (χ0v) is 12.4. The van der Waals surface area contributed by atoms with Crippen LogP contribution in [0.25, 0.3) is 17.1 Å². The highest BCUT2D eigenvalue weighted by atomic mass is 79.9. The average Bonchev–Trinajstić information content (AvgIpc) is 2.91. The number of halogens is 1. The molecule has 1 heterocycles. The number of nitrogens with two attached hydrogens (primary N) is 1. The Hall–Kier alpha value is -2.21. The minimum absolute atomic E-state index is 0.662. The van der Waals surface area contributed by atoms with Gasteiger partial charge < -0.3 is 5.73 Å². The van der Waals surface area contributed by atoms with Gasteiger partial charge in [-0.15, -0.1) is 5.10 Å². The highest BCUT2D eigenvalue weighted by molar-refractivity contribution is 9.10. The van der Waals surface area contributed by atoms with E-state index in [4.69, 9.17) is 5.73 Å². The maximum atomic E-state index is 5.95. The number of nitrogens with zero attached hydrogens (tertiary/aromatic N) is 4. The Kier molecular flexibility index (Phi) is 3.23. The van der Waals surface area contributed by atoms with Crippen molar-refractivity contribution in [1.82, 2.24) is 20.2 Å². The number of aryl methyl sites for hydroxylation is 1. The van der Waals surface area contributed by atoms with Crippen LogP contribution in [0, 0.1) is 6.92 Å². The molecule has 3 rings (SSSR count). The maximum Gasteiger partial charge on any atom is 0.187 e. The number of benzene rings is 2. The second-order valence-electron chi connectivity index (χ2n) is 4.47. The van der Waals surface area contributed by atoms with Gasteiger partial charge in [0.2, 0.25) is 0 Å². The van der Waals surface area contributed by atoms with Gasteiger partial charge in [0.1, 0.15) is 0 Å². The van der Waals surface area contributed by atoms with Gasteiger partial charge in [0.25, 0.3) is 0 Å². The molecule has 0 radical (unpaired) electrons. The van der Waals surface area contributed by atoms with Crippen molar-refractivity contribution in [1.29, 1.82) is 0 Å². The van der Waals surface area contributed by atoms with E-state index in [0.717, 1.165) is 27.0 Å². The topological polar surface area (TPSA) is 69.6 Å². The van der Waals surface area contributed by atoms with E-state index in [1.54, 1.807) is 4.68 Å². The van der Waals surface area contributed by atoms with Crippen LogP contribution >= 0.6 is 15.9 Å². The molecule has 100 valence electrons. The Balaban J connectivity index is 2.12. The lowest BCUT2D eigenvalue weighted by molar-refractivity contribution is 0.791. The average molecular weight is 330 g/mol. The van der Waals surface area contributed by atoms with Gasteiger partial charge in [-0.25, -0.2) is 0 Å². The molecule has 0 aliphatic heterocycles. The normalized spacial score (nSPS) is 10.7. The molecule has 0 amide bonds. The lowest BCUT2D eigenvalue weighted by Crippen LogP contribution is -2.00. The SMILES string of the molecule is Cc1ccc(-c2nnnn2-c2cccc(Br)c2)cc1N. The monoisotopic (exact) mass is 329 g/mol. The quantitative estimate of drug-likeness (QED) is 0.734. The van der Waals surface area contributed by atoms with Gasteiger partial charge in [0.05, 0.1) is 5.69 Å². The summed E-state index contributed by atoms with van der Waals surface area (Å²) in [7, 11) is 0. The number of hydrogen-bond acceptors (Lipinski definition) is 4. The molecule has 6 heteroatoms. The predicted molar refractivity (Wildman–Crippen MR) is 81.4 cm³/mol. The number of hydrogen-bond donors (Lipinski definition) is 1. The van der Waals surface area contributed by atoms with E-state index >= 15 is 0 Å². The van der Waals surface area contributed by atoms with E-state index in [-0.39, 0.29) is 0 Å². The number of tetrazole rings is 1. The molecule has 3 aromatic rings. The van der Waals surface area contributed by atoms with Crippen LogP contribution in [0.4, 0.5) is 5.69 Å². The van der Waals surface area contributed by atoms with Crippen molar-refractivity contribution in [2.75, 3.05) is 5.73 Å².